The van der Waals surface area contributed by atoms with Crippen molar-refractivity contribution in [2.75, 3.05) is 6.61 Å². The van der Waals surface area contributed by atoms with Gasteiger partial charge in [-0.1, -0.05) is 34.1 Å². The predicted octanol–water partition coefficient (Wildman–Crippen LogP) is 2.88. The number of rotatable bonds is 8. The largest absolute Gasteiger partial charge is 0.378 e. The van der Waals surface area contributed by atoms with Crippen LogP contribution in [0.5, 0.6) is 0 Å². The zero-order valence-electron chi connectivity index (χ0n) is 14.1. The summed E-state index contributed by atoms with van der Waals surface area (Å²) in [5.41, 5.74) is 6.10. The van der Waals surface area contributed by atoms with Crippen molar-refractivity contribution in [3.8, 4) is 0 Å². The molecule has 1 aliphatic carbocycles. The lowest BCUT2D eigenvalue weighted by Gasteiger charge is -2.55. The molecule has 0 aliphatic heterocycles. The first-order chi connectivity index (χ1) is 9.46. The molecule has 0 aromatic heterocycles. The molecule has 21 heavy (non-hydrogen) atoms. The van der Waals surface area contributed by atoms with Gasteiger partial charge in [0.25, 0.3) is 0 Å². The van der Waals surface area contributed by atoms with E-state index < -0.39 is 6.04 Å². The summed E-state index contributed by atoms with van der Waals surface area (Å²) in [4.78, 5) is 12.3. The van der Waals surface area contributed by atoms with Crippen molar-refractivity contribution in [1.29, 1.82) is 0 Å². The lowest BCUT2D eigenvalue weighted by atomic mass is 9.58. The fourth-order valence-corrected chi connectivity index (χ4v) is 3.36. The maximum atomic E-state index is 12.3. The monoisotopic (exact) mass is 320 g/mol. The molecule has 3 N–H and O–H groups in total. The fourth-order valence-electron chi connectivity index (χ4n) is 3.36. The second kappa shape index (κ2) is 8.96. The van der Waals surface area contributed by atoms with Gasteiger partial charge in [0.1, 0.15) is 0 Å². The van der Waals surface area contributed by atoms with Gasteiger partial charge in [0.15, 0.2) is 0 Å². The lowest BCUT2D eigenvalue weighted by molar-refractivity contribution is -0.149. The first-order valence-electron chi connectivity index (χ1n) is 8.14. The van der Waals surface area contributed by atoms with Gasteiger partial charge in [-0.05, 0) is 32.1 Å². The summed E-state index contributed by atoms with van der Waals surface area (Å²) in [6.45, 7) is 11.2. The van der Waals surface area contributed by atoms with Crippen LogP contribution in [0, 0.1) is 11.3 Å². The van der Waals surface area contributed by atoms with Gasteiger partial charge < -0.3 is 15.8 Å². The zero-order chi connectivity index (χ0) is 15.3. The molecule has 0 radical (unpaired) electrons. The standard InChI is InChI=1S/C16H32N2O2.ClH/c1-6-11(5)14(17)15(19)18-12-10-13(20-9-4)16(12,7-2)8-3;/h11-14H,6-10,17H2,1-5H3,(H,18,19);1H. The summed E-state index contributed by atoms with van der Waals surface area (Å²) >= 11 is 0. The summed E-state index contributed by atoms with van der Waals surface area (Å²) in [6.07, 6.45) is 4.16. The molecule has 4 atom stereocenters. The average Bonchev–Trinajstić information content (AvgIpc) is 2.45. The maximum Gasteiger partial charge on any atom is 0.237 e. The molecule has 0 aromatic carbocycles. The Balaban J connectivity index is 0.00000400. The zero-order valence-corrected chi connectivity index (χ0v) is 15.0. The van der Waals surface area contributed by atoms with Crippen LogP contribution in [0.1, 0.15) is 60.3 Å². The molecule has 4 unspecified atom stereocenters. The van der Waals surface area contributed by atoms with E-state index in [1.165, 1.54) is 0 Å². The van der Waals surface area contributed by atoms with Crippen LogP contribution in [0.4, 0.5) is 0 Å². The highest BCUT2D eigenvalue weighted by Crippen LogP contribution is 2.48. The van der Waals surface area contributed by atoms with Gasteiger partial charge in [-0.25, -0.2) is 0 Å². The summed E-state index contributed by atoms with van der Waals surface area (Å²) in [6, 6.07) is -0.200. The fraction of sp³-hybridized carbons (Fsp3) is 0.938. The summed E-state index contributed by atoms with van der Waals surface area (Å²) in [5, 5.41) is 3.17. The smallest absolute Gasteiger partial charge is 0.237 e. The molecule has 1 fully saturated rings. The summed E-state index contributed by atoms with van der Waals surface area (Å²) < 4.78 is 5.83. The third kappa shape index (κ3) is 4.11. The molecule has 126 valence electrons. The highest BCUT2D eigenvalue weighted by molar-refractivity contribution is 5.85. The van der Waals surface area contributed by atoms with Crippen molar-refractivity contribution in [2.24, 2.45) is 17.1 Å². The predicted molar refractivity (Wildman–Crippen MR) is 89.7 cm³/mol. The molecule has 4 nitrogen and oxygen atoms in total. The number of carbonyl (C=O) groups excluding carboxylic acids is 1. The normalized spacial score (nSPS) is 26.2. The van der Waals surface area contributed by atoms with E-state index in [4.69, 9.17) is 10.5 Å². The molecule has 0 saturated heterocycles. The van der Waals surface area contributed by atoms with E-state index in [0.717, 1.165) is 32.3 Å². The minimum atomic E-state index is -0.405. The van der Waals surface area contributed by atoms with Crippen LogP contribution in [0.3, 0.4) is 0 Å². The molecule has 5 heteroatoms. The number of amides is 1. The SMILES string of the molecule is CCOC1CC(NC(=O)C(N)C(C)CC)C1(CC)CC.Cl. The minimum Gasteiger partial charge on any atom is -0.378 e. The molecular formula is C16H33ClN2O2. The third-order valence-corrected chi connectivity index (χ3v) is 5.35. The molecule has 0 bridgehead atoms. The van der Waals surface area contributed by atoms with Crippen molar-refractivity contribution in [3.05, 3.63) is 0 Å². The van der Waals surface area contributed by atoms with Crippen molar-refractivity contribution < 1.29 is 9.53 Å². The first kappa shape index (κ1) is 20.7. The Morgan fingerprint density at radius 2 is 1.90 bits per heavy atom. The Morgan fingerprint density at radius 1 is 1.33 bits per heavy atom. The molecule has 0 heterocycles. The second-order valence-electron chi connectivity index (χ2n) is 6.09. The molecule has 1 amide bonds. The first-order valence-corrected chi connectivity index (χ1v) is 8.14. The van der Waals surface area contributed by atoms with E-state index in [2.05, 4.69) is 26.1 Å². The van der Waals surface area contributed by atoms with Gasteiger partial charge in [-0.15, -0.1) is 12.4 Å². The molecule has 1 saturated carbocycles. The van der Waals surface area contributed by atoms with Crippen LogP contribution in [-0.2, 0) is 9.53 Å². The molecule has 0 aromatic rings. The van der Waals surface area contributed by atoms with E-state index >= 15 is 0 Å². The van der Waals surface area contributed by atoms with Crippen molar-refractivity contribution >= 4 is 18.3 Å². The van der Waals surface area contributed by atoms with Crippen molar-refractivity contribution in [2.45, 2.75) is 78.5 Å². The summed E-state index contributed by atoms with van der Waals surface area (Å²) in [7, 11) is 0. The van der Waals surface area contributed by atoms with Crippen molar-refractivity contribution in [1.82, 2.24) is 5.32 Å². The maximum absolute atomic E-state index is 12.3. The van der Waals surface area contributed by atoms with Crippen LogP contribution >= 0.6 is 12.4 Å². The lowest BCUT2D eigenvalue weighted by Crippen LogP contribution is -2.66. The Hall–Kier alpha value is -0.320. The van der Waals surface area contributed by atoms with Gasteiger partial charge in [-0.2, -0.15) is 0 Å². The molecule has 1 rings (SSSR count). The summed E-state index contributed by atoms with van der Waals surface area (Å²) in [5.74, 6) is 0.209. The van der Waals surface area contributed by atoms with Crippen LogP contribution in [0.25, 0.3) is 0 Å². The Kier molecular flexibility index (Phi) is 8.83. The number of hydrogen-bond donors (Lipinski definition) is 2. The van der Waals surface area contributed by atoms with E-state index in [-0.39, 0.29) is 41.8 Å². The number of carbonyl (C=O) groups is 1. The van der Waals surface area contributed by atoms with Gasteiger partial charge in [0, 0.05) is 18.1 Å². The highest BCUT2D eigenvalue weighted by Gasteiger charge is 2.54. The van der Waals surface area contributed by atoms with E-state index in [9.17, 15) is 4.79 Å². The van der Waals surface area contributed by atoms with Crippen LogP contribution in [0.15, 0.2) is 0 Å². The molecular weight excluding hydrogens is 288 g/mol. The third-order valence-electron chi connectivity index (χ3n) is 5.35. The van der Waals surface area contributed by atoms with E-state index in [1.807, 2.05) is 13.8 Å². The molecule has 1 aliphatic rings. The van der Waals surface area contributed by atoms with Gasteiger partial charge in [0.05, 0.1) is 12.1 Å². The van der Waals surface area contributed by atoms with Gasteiger partial charge >= 0.3 is 0 Å². The van der Waals surface area contributed by atoms with E-state index in [1.54, 1.807) is 0 Å². The molecule has 0 spiro atoms. The average molecular weight is 321 g/mol. The number of ether oxygens (including phenoxy) is 1. The minimum absolute atomic E-state index is 0. The number of nitrogens with two attached hydrogens (primary N) is 1. The second-order valence-corrected chi connectivity index (χ2v) is 6.09. The van der Waals surface area contributed by atoms with Gasteiger partial charge in [0.2, 0.25) is 5.91 Å². The van der Waals surface area contributed by atoms with Crippen LogP contribution < -0.4 is 11.1 Å². The van der Waals surface area contributed by atoms with Crippen molar-refractivity contribution in [3.63, 3.8) is 0 Å². The Bertz CT molecular complexity index is 321. The van der Waals surface area contributed by atoms with Gasteiger partial charge in [-0.3, -0.25) is 4.79 Å². The van der Waals surface area contributed by atoms with E-state index in [0.29, 0.717) is 0 Å². The highest BCUT2D eigenvalue weighted by atomic mass is 35.5. The number of hydrogen-bond acceptors (Lipinski definition) is 3. The van der Waals surface area contributed by atoms with Crippen LogP contribution in [0.2, 0.25) is 0 Å². The Morgan fingerprint density at radius 3 is 2.33 bits per heavy atom. The Labute approximate surface area is 136 Å². The number of nitrogens with one attached hydrogen (secondary N) is 1. The quantitative estimate of drug-likeness (QED) is 0.722. The van der Waals surface area contributed by atoms with Crippen LogP contribution in [-0.4, -0.2) is 30.7 Å². The number of halogens is 1. The topological polar surface area (TPSA) is 64.3 Å².